The Morgan fingerprint density at radius 2 is 1.54 bits per heavy atom. The van der Waals surface area contributed by atoms with Crippen LogP contribution in [0.3, 0.4) is 0 Å². The Labute approximate surface area is 85.1 Å². The summed E-state index contributed by atoms with van der Waals surface area (Å²) in [5.41, 5.74) is 0. The third-order valence-corrected chi connectivity index (χ3v) is 2.91. The summed E-state index contributed by atoms with van der Waals surface area (Å²) >= 11 is 0. The second kappa shape index (κ2) is 10.1. The van der Waals surface area contributed by atoms with Crippen molar-refractivity contribution in [3.05, 3.63) is 6.92 Å². The van der Waals surface area contributed by atoms with Crippen LogP contribution in [-0.2, 0) is 0 Å². The highest BCUT2D eigenvalue weighted by Gasteiger charge is 2.04. The van der Waals surface area contributed by atoms with Gasteiger partial charge >= 0.3 is 0 Å². The van der Waals surface area contributed by atoms with Crippen molar-refractivity contribution in [3.63, 3.8) is 0 Å². The van der Waals surface area contributed by atoms with Crippen molar-refractivity contribution in [2.75, 3.05) is 0 Å². The van der Waals surface area contributed by atoms with Crippen molar-refractivity contribution in [1.29, 1.82) is 0 Å². The third kappa shape index (κ3) is 8.33. The van der Waals surface area contributed by atoms with Crippen LogP contribution in [0.15, 0.2) is 0 Å². The van der Waals surface area contributed by atoms with Crippen LogP contribution in [0.2, 0.25) is 0 Å². The highest BCUT2D eigenvalue weighted by Crippen LogP contribution is 2.20. The fraction of sp³-hybridized carbons (Fsp3) is 0.923. The van der Waals surface area contributed by atoms with Crippen LogP contribution < -0.4 is 0 Å². The standard InChI is InChI=1S/C13H27/c1-4-7-9-11-13(6-3)12-10-8-5-2/h13H,1,4-12H2,2-3H3. The van der Waals surface area contributed by atoms with Crippen molar-refractivity contribution in [3.8, 4) is 0 Å². The molecule has 1 unspecified atom stereocenters. The fourth-order valence-electron chi connectivity index (χ4n) is 1.85. The van der Waals surface area contributed by atoms with Gasteiger partial charge in [0.15, 0.2) is 0 Å². The molecule has 0 aliphatic heterocycles. The summed E-state index contributed by atoms with van der Waals surface area (Å²) in [6.45, 7) is 8.50. The predicted molar refractivity (Wildman–Crippen MR) is 61.7 cm³/mol. The van der Waals surface area contributed by atoms with Gasteiger partial charge in [-0.05, 0) is 5.92 Å². The van der Waals surface area contributed by atoms with Crippen LogP contribution in [0, 0.1) is 12.8 Å². The van der Waals surface area contributed by atoms with Gasteiger partial charge in [0.2, 0.25) is 0 Å². The summed E-state index contributed by atoms with van der Waals surface area (Å²) in [4.78, 5) is 0. The van der Waals surface area contributed by atoms with E-state index < -0.39 is 0 Å². The molecule has 0 bridgehead atoms. The molecule has 0 saturated carbocycles. The molecule has 0 aromatic carbocycles. The van der Waals surface area contributed by atoms with E-state index in [9.17, 15) is 0 Å². The molecular formula is C13H27. The Bertz CT molecular complexity index is 76.0. The molecule has 0 spiro atoms. The average molecular weight is 183 g/mol. The van der Waals surface area contributed by atoms with Gasteiger partial charge in [0.25, 0.3) is 0 Å². The van der Waals surface area contributed by atoms with Gasteiger partial charge in [0.1, 0.15) is 0 Å². The molecular weight excluding hydrogens is 156 g/mol. The van der Waals surface area contributed by atoms with Crippen LogP contribution in [0.25, 0.3) is 0 Å². The predicted octanol–water partition coefficient (Wildman–Crippen LogP) is 4.99. The summed E-state index contributed by atoms with van der Waals surface area (Å²) < 4.78 is 0. The zero-order chi connectivity index (χ0) is 9.94. The number of rotatable bonds is 9. The van der Waals surface area contributed by atoms with Crippen molar-refractivity contribution < 1.29 is 0 Å². The maximum absolute atomic E-state index is 3.88. The maximum atomic E-state index is 3.88. The van der Waals surface area contributed by atoms with Crippen LogP contribution in [0.4, 0.5) is 0 Å². The molecule has 0 fully saturated rings. The van der Waals surface area contributed by atoms with E-state index in [0.717, 1.165) is 12.3 Å². The highest BCUT2D eigenvalue weighted by atomic mass is 14.1. The van der Waals surface area contributed by atoms with Gasteiger partial charge in [0, 0.05) is 0 Å². The number of hydrogen-bond acceptors (Lipinski definition) is 0. The van der Waals surface area contributed by atoms with E-state index in [2.05, 4.69) is 20.8 Å². The first-order valence-electron chi connectivity index (χ1n) is 6.14. The molecule has 0 aliphatic rings. The van der Waals surface area contributed by atoms with Gasteiger partial charge in [-0.15, -0.1) is 0 Å². The summed E-state index contributed by atoms with van der Waals surface area (Å²) in [5.74, 6) is 0.998. The number of hydrogen-bond donors (Lipinski definition) is 0. The van der Waals surface area contributed by atoms with Gasteiger partial charge in [-0.2, -0.15) is 0 Å². The first kappa shape index (κ1) is 13.0. The summed E-state index contributed by atoms with van der Waals surface area (Å²) in [5, 5.41) is 0. The first-order valence-corrected chi connectivity index (χ1v) is 6.14. The van der Waals surface area contributed by atoms with Crippen molar-refractivity contribution in [2.24, 2.45) is 5.92 Å². The average Bonchev–Trinajstić information content (AvgIpc) is 2.16. The molecule has 0 amide bonds. The largest absolute Gasteiger partial charge is 0.0654 e. The molecule has 79 valence electrons. The van der Waals surface area contributed by atoms with Crippen LogP contribution in [-0.4, -0.2) is 0 Å². The lowest BCUT2D eigenvalue weighted by Gasteiger charge is -2.13. The third-order valence-electron chi connectivity index (χ3n) is 2.91. The molecule has 0 aromatic heterocycles. The smallest absolute Gasteiger partial charge is 0.0417 e. The lowest BCUT2D eigenvalue weighted by atomic mass is 9.93. The fourth-order valence-corrected chi connectivity index (χ4v) is 1.85. The normalized spacial score (nSPS) is 11.1. The summed E-state index contributed by atoms with van der Waals surface area (Å²) in [6.07, 6.45) is 12.3. The van der Waals surface area contributed by atoms with E-state index in [0.29, 0.717) is 0 Å². The summed E-state index contributed by atoms with van der Waals surface area (Å²) in [7, 11) is 0. The Morgan fingerprint density at radius 1 is 0.923 bits per heavy atom. The molecule has 0 aliphatic carbocycles. The van der Waals surface area contributed by atoms with E-state index in [1.54, 1.807) is 0 Å². The van der Waals surface area contributed by atoms with Gasteiger partial charge in [0.05, 0.1) is 0 Å². The molecule has 1 radical (unpaired) electrons. The van der Waals surface area contributed by atoms with E-state index in [1.165, 1.54) is 51.4 Å². The monoisotopic (exact) mass is 183 g/mol. The van der Waals surface area contributed by atoms with Crippen molar-refractivity contribution >= 4 is 0 Å². The van der Waals surface area contributed by atoms with Gasteiger partial charge in [-0.1, -0.05) is 78.6 Å². The second-order valence-electron chi connectivity index (χ2n) is 4.12. The maximum Gasteiger partial charge on any atom is -0.0417 e. The van der Waals surface area contributed by atoms with E-state index in [4.69, 9.17) is 0 Å². The van der Waals surface area contributed by atoms with Crippen LogP contribution in [0.1, 0.15) is 71.6 Å². The second-order valence-corrected chi connectivity index (χ2v) is 4.12. The van der Waals surface area contributed by atoms with Gasteiger partial charge in [-0.3, -0.25) is 0 Å². The molecule has 0 rings (SSSR count). The molecule has 0 aromatic rings. The first-order chi connectivity index (χ1) is 6.35. The van der Waals surface area contributed by atoms with E-state index in [-0.39, 0.29) is 0 Å². The Balaban J connectivity index is 3.28. The van der Waals surface area contributed by atoms with Crippen molar-refractivity contribution in [1.82, 2.24) is 0 Å². The quantitative estimate of drug-likeness (QED) is 0.442. The minimum atomic E-state index is 0.998. The van der Waals surface area contributed by atoms with Crippen LogP contribution in [0.5, 0.6) is 0 Å². The molecule has 0 nitrogen and oxygen atoms in total. The summed E-state index contributed by atoms with van der Waals surface area (Å²) in [6, 6.07) is 0. The minimum Gasteiger partial charge on any atom is -0.0654 e. The zero-order valence-electron chi connectivity index (χ0n) is 9.65. The topological polar surface area (TPSA) is 0 Å². The van der Waals surface area contributed by atoms with Gasteiger partial charge in [-0.25, -0.2) is 0 Å². The van der Waals surface area contributed by atoms with Gasteiger partial charge < -0.3 is 0 Å². The lowest BCUT2D eigenvalue weighted by molar-refractivity contribution is 0.401. The molecule has 13 heavy (non-hydrogen) atoms. The SMILES string of the molecule is [CH2]CCCCC(CC)CCCCC. The molecule has 0 saturated heterocycles. The highest BCUT2D eigenvalue weighted by molar-refractivity contribution is 4.58. The number of unbranched alkanes of at least 4 members (excludes halogenated alkanes) is 4. The van der Waals surface area contributed by atoms with E-state index >= 15 is 0 Å². The Kier molecular flexibility index (Phi) is 10.1. The zero-order valence-corrected chi connectivity index (χ0v) is 9.65. The van der Waals surface area contributed by atoms with Crippen molar-refractivity contribution in [2.45, 2.75) is 71.6 Å². The molecule has 1 atom stereocenters. The molecule has 0 heterocycles. The van der Waals surface area contributed by atoms with Crippen LogP contribution >= 0.6 is 0 Å². The minimum absolute atomic E-state index is 0.998. The lowest BCUT2D eigenvalue weighted by Crippen LogP contribution is -1.98. The molecule has 0 heteroatoms. The Hall–Kier alpha value is 0. The Morgan fingerprint density at radius 3 is 2.00 bits per heavy atom. The molecule has 0 N–H and O–H groups in total. The van der Waals surface area contributed by atoms with E-state index in [1.807, 2.05) is 0 Å².